The number of fused-ring (bicyclic) bond motifs is 2. The molecule has 0 spiro atoms. The van der Waals surface area contributed by atoms with Gasteiger partial charge in [0.15, 0.2) is 0 Å². The molecule has 0 nitrogen and oxygen atoms in total. The van der Waals surface area contributed by atoms with Gasteiger partial charge in [0.1, 0.15) is 0 Å². The summed E-state index contributed by atoms with van der Waals surface area (Å²) in [4.78, 5) is 0. The number of benzene rings is 3. The zero-order valence-corrected chi connectivity index (χ0v) is 13.8. The van der Waals surface area contributed by atoms with E-state index in [1.54, 1.807) is 0 Å². The minimum atomic E-state index is -6.00. The first kappa shape index (κ1) is 17.4. The van der Waals surface area contributed by atoms with E-state index < -0.39 is 7.25 Å². The molecule has 1 aromatic heterocycles. The second kappa shape index (κ2) is 7.19. The lowest BCUT2D eigenvalue weighted by Gasteiger charge is -2.05. The summed E-state index contributed by atoms with van der Waals surface area (Å²) >= 11 is 1.86. The van der Waals surface area contributed by atoms with Crippen molar-refractivity contribution in [2.45, 2.75) is 0 Å². The molecule has 25 heavy (non-hydrogen) atoms. The van der Waals surface area contributed by atoms with Crippen LogP contribution < -0.4 is 0 Å². The average Bonchev–Trinajstić information content (AvgIpc) is 2.59. The van der Waals surface area contributed by atoms with Gasteiger partial charge in [-0.05, 0) is 17.7 Å². The zero-order valence-electron chi connectivity index (χ0n) is 13.0. The van der Waals surface area contributed by atoms with Gasteiger partial charge in [-0.25, -0.2) is 0 Å². The van der Waals surface area contributed by atoms with E-state index in [0.717, 1.165) is 0 Å². The number of hydrogen-bond acceptors (Lipinski definition) is 0. The van der Waals surface area contributed by atoms with E-state index in [1.807, 2.05) is 11.3 Å². The third kappa shape index (κ3) is 4.34. The Balaban J connectivity index is 0.000000324. The van der Waals surface area contributed by atoms with Crippen LogP contribution in [0.3, 0.4) is 0 Å². The fourth-order valence-electron chi connectivity index (χ4n) is 2.70. The molecule has 0 atom stereocenters. The van der Waals surface area contributed by atoms with E-state index in [1.165, 1.54) is 31.3 Å². The quantitative estimate of drug-likeness (QED) is 0.145. The lowest BCUT2D eigenvalue weighted by atomic mass is 9.99. The molecule has 0 amide bonds. The zero-order chi connectivity index (χ0) is 17.9. The van der Waals surface area contributed by atoms with E-state index in [0.29, 0.717) is 0 Å². The molecule has 0 N–H and O–H groups in total. The SMILES string of the molecule is F[B-](F)(F)F.c1ccc(-c2c3ccccc3[s+]c3ccccc23)cc1. The van der Waals surface area contributed by atoms with Crippen LogP contribution in [0.25, 0.3) is 31.3 Å². The normalized spacial score (nSPS) is 11.2. The van der Waals surface area contributed by atoms with Crippen molar-refractivity contribution in [3.05, 3.63) is 78.9 Å². The molecule has 3 aromatic carbocycles. The lowest BCUT2D eigenvalue weighted by molar-refractivity contribution is 0.368. The van der Waals surface area contributed by atoms with Gasteiger partial charge in [-0.2, -0.15) is 0 Å². The molecule has 1 heterocycles. The van der Waals surface area contributed by atoms with Gasteiger partial charge in [0.25, 0.3) is 0 Å². The number of hydrogen-bond donors (Lipinski definition) is 0. The smallest absolute Gasteiger partial charge is 0.418 e. The van der Waals surface area contributed by atoms with Crippen LogP contribution in [0.1, 0.15) is 0 Å². The molecular formula is C19H13BF4S. The van der Waals surface area contributed by atoms with Crippen molar-refractivity contribution in [3.63, 3.8) is 0 Å². The van der Waals surface area contributed by atoms with E-state index in [2.05, 4.69) is 78.9 Å². The maximum atomic E-state index is 9.75. The van der Waals surface area contributed by atoms with Crippen molar-refractivity contribution < 1.29 is 17.3 Å². The molecular weight excluding hydrogens is 347 g/mol. The average molecular weight is 360 g/mol. The number of rotatable bonds is 1. The molecule has 0 aliphatic rings. The lowest BCUT2D eigenvalue weighted by Crippen LogP contribution is -2.02. The predicted octanol–water partition coefficient (Wildman–Crippen LogP) is 7.30. The summed E-state index contributed by atoms with van der Waals surface area (Å²) in [5.74, 6) is 0. The van der Waals surface area contributed by atoms with Crippen LogP contribution in [0.15, 0.2) is 78.9 Å². The van der Waals surface area contributed by atoms with Gasteiger partial charge in [-0.15, -0.1) is 0 Å². The molecule has 4 aromatic rings. The van der Waals surface area contributed by atoms with Gasteiger partial charge in [0.2, 0.25) is 20.7 Å². The first-order valence-corrected chi connectivity index (χ1v) is 8.41. The minimum absolute atomic E-state index is 1.28. The molecule has 0 aliphatic carbocycles. The van der Waals surface area contributed by atoms with Crippen LogP contribution >= 0.6 is 11.3 Å². The Morgan fingerprint density at radius 2 is 0.960 bits per heavy atom. The maximum Gasteiger partial charge on any atom is 0.673 e. The van der Waals surface area contributed by atoms with Crippen molar-refractivity contribution in [2.24, 2.45) is 0 Å². The summed E-state index contributed by atoms with van der Waals surface area (Å²) in [6.45, 7) is 0. The maximum absolute atomic E-state index is 9.75. The summed E-state index contributed by atoms with van der Waals surface area (Å²) in [7, 11) is -6.00. The molecule has 0 unspecified atom stereocenters. The molecule has 4 rings (SSSR count). The fourth-order valence-corrected chi connectivity index (χ4v) is 3.79. The molecule has 0 fully saturated rings. The van der Waals surface area contributed by atoms with Crippen LogP contribution in [0.4, 0.5) is 17.3 Å². The Hall–Kier alpha value is -2.47. The largest absolute Gasteiger partial charge is 0.673 e. The van der Waals surface area contributed by atoms with Gasteiger partial charge in [-0.1, -0.05) is 54.6 Å². The highest BCUT2D eigenvalue weighted by Crippen LogP contribution is 2.38. The summed E-state index contributed by atoms with van der Waals surface area (Å²) in [5.41, 5.74) is 2.63. The van der Waals surface area contributed by atoms with Crippen LogP contribution in [0, 0.1) is 0 Å². The van der Waals surface area contributed by atoms with Gasteiger partial charge in [-0.3, -0.25) is 0 Å². The van der Waals surface area contributed by atoms with Crippen molar-refractivity contribution >= 4 is 38.8 Å². The van der Waals surface area contributed by atoms with Crippen LogP contribution in [-0.2, 0) is 0 Å². The van der Waals surface area contributed by atoms with E-state index in [-0.39, 0.29) is 0 Å². The summed E-state index contributed by atoms with van der Waals surface area (Å²) < 4.78 is 41.7. The second-order valence-corrected chi connectivity index (χ2v) is 6.41. The van der Waals surface area contributed by atoms with Gasteiger partial charge in [0.05, 0.1) is 0 Å². The molecule has 0 bridgehead atoms. The summed E-state index contributed by atoms with van der Waals surface area (Å²) in [6, 6.07) is 28.0. The van der Waals surface area contributed by atoms with Crippen molar-refractivity contribution in [3.8, 4) is 11.1 Å². The van der Waals surface area contributed by atoms with Crippen LogP contribution in [-0.4, -0.2) is 7.25 Å². The first-order valence-electron chi connectivity index (χ1n) is 7.60. The van der Waals surface area contributed by atoms with Crippen LogP contribution in [0.5, 0.6) is 0 Å². The third-order valence-electron chi connectivity index (χ3n) is 3.60. The molecule has 0 aliphatic heterocycles. The Kier molecular flexibility index (Phi) is 4.99. The Morgan fingerprint density at radius 3 is 1.44 bits per heavy atom. The molecule has 6 heteroatoms. The van der Waals surface area contributed by atoms with Crippen molar-refractivity contribution in [1.29, 1.82) is 0 Å². The Labute approximate surface area is 146 Å². The standard InChI is InChI=1S/C19H13S.BF4/c1-2-8-14(9-3-1)19-15-10-4-6-12-17(15)20-18-13-7-5-11-16(18)19;2-1(3,4)5/h1-13H;/q+1;-1. The van der Waals surface area contributed by atoms with Gasteiger partial charge >= 0.3 is 7.25 Å². The minimum Gasteiger partial charge on any atom is -0.418 e. The highest BCUT2D eigenvalue weighted by molar-refractivity contribution is 7.24. The predicted molar refractivity (Wildman–Crippen MR) is 99.4 cm³/mol. The number of halogens is 4. The summed E-state index contributed by atoms with van der Waals surface area (Å²) in [5, 5.41) is 2.67. The topological polar surface area (TPSA) is 0 Å². The van der Waals surface area contributed by atoms with Crippen molar-refractivity contribution in [1.82, 2.24) is 0 Å². The van der Waals surface area contributed by atoms with Crippen molar-refractivity contribution in [2.75, 3.05) is 0 Å². The molecule has 0 radical (unpaired) electrons. The molecule has 0 saturated heterocycles. The Bertz CT molecular complexity index is 940. The first-order chi connectivity index (χ1) is 11.9. The third-order valence-corrected chi connectivity index (χ3v) is 4.75. The van der Waals surface area contributed by atoms with E-state index >= 15 is 0 Å². The van der Waals surface area contributed by atoms with E-state index in [4.69, 9.17) is 0 Å². The van der Waals surface area contributed by atoms with Crippen LogP contribution in [0.2, 0.25) is 0 Å². The monoisotopic (exact) mass is 360 g/mol. The summed E-state index contributed by atoms with van der Waals surface area (Å²) in [6.07, 6.45) is 0. The van der Waals surface area contributed by atoms with E-state index in [9.17, 15) is 17.3 Å². The molecule has 126 valence electrons. The fraction of sp³-hybridized carbons (Fsp3) is 0. The van der Waals surface area contributed by atoms with Gasteiger partial charge < -0.3 is 17.3 Å². The highest BCUT2D eigenvalue weighted by Gasteiger charge is 2.20. The Morgan fingerprint density at radius 1 is 0.560 bits per heavy atom. The molecule has 0 saturated carbocycles. The highest BCUT2D eigenvalue weighted by atomic mass is 32.1. The van der Waals surface area contributed by atoms with Gasteiger partial charge in [0, 0.05) is 28.5 Å². The second-order valence-electron chi connectivity index (χ2n) is 5.33.